The second kappa shape index (κ2) is 3.37. The predicted molar refractivity (Wildman–Crippen MR) is 41.7 cm³/mol. The standard InChI is InChI=1S/C9H11O/c1-8-4-2-3-5-9(8)6-7-10/h2-5,10H,1,6-7H2. The van der Waals surface area contributed by atoms with Crippen molar-refractivity contribution < 1.29 is 5.11 Å². The van der Waals surface area contributed by atoms with E-state index in [1.54, 1.807) is 0 Å². The first kappa shape index (κ1) is 7.29. The van der Waals surface area contributed by atoms with Crippen molar-refractivity contribution in [1.29, 1.82) is 0 Å². The molecule has 0 unspecified atom stereocenters. The third-order valence-electron chi connectivity index (χ3n) is 1.50. The largest absolute Gasteiger partial charge is 0.396 e. The van der Waals surface area contributed by atoms with Crippen LogP contribution >= 0.6 is 0 Å². The van der Waals surface area contributed by atoms with Gasteiger partial charge >= 0.3 is 0 Å². The van der Waals surface area contributed by atoms with Gasteiger partial charge in [0.1, 0.15) is 0 Å². The molecule has 0 aliphatic carbocycles. The molecule has 1 nitrogen and oxygen atoms in total. The summed E-state index contributed by atoms with van der Waals surface area (Å²) in [6.45, 7) is 4.03. The second-order valence-corrected chi connectivity index (χ2v) is 2.24. The molecule has 0 atom stereocenters. The van der Waals surface area contributed by atoms with Gasteiger partial charge in [-0.15, -0.1) is 0 Å². The predicted octanol–water partition coefficient (Wildman–Crippen LogP) is 1.40. The maximum atomic E-state index is 8.62. The van der Waals surface area contributed by atoms with E-state index in [2.05, 4.69) is 6.92 Å². The van der Waals surface area contributed by atoms with Crippen LogP contribution < -0.4 is 0 Å². The lowest BCUT2D eigenvalue weighted by molar-refractivity contribution is 0.299. The van der Waals surface area contributed by atoms with E-state index in [4.69, 9.17) is 5.11 Å². The first-order valence-electron chi connectivity index (χ1n) is 3.35. The van der Waals surface area contributed by atoms with Crippen LogP contribution in [0, 0.1) is 6.92 Å². The van der Waals surface area contributed by atoms with E-state index in [1.165, 1.54) is 0 Å². The van der Waals surface area contributed by atoms with Crippen LogP contribution in [0.1, 0.15) is 11.1 Å². The monoisotopic (exact) mass is 135 g/mol. The molecule has 1 radical (unpaired) electrons. The topological polar surface area (TPSA) is 20.2 Å². The molecule has 0 fully saturated rings. The van der Waals surface area contributed by atoms with Crippen molar-refractivity contribution in [2.45, 2.75) is 6.42 Å². The summed E-state index contributed by atoms with van der Waals surface area (Å²) >= 11 is 0. The summed E-state index contributed by atoms with van der Waals surface area (Å²) in [6, 6.07) is 7.84. The molecular weight excluding hydrogens is 124 g/mol. The van der Waals surface area contributed by atoms with Crippen molar-refractivity contribution in [2.75, 3.05) is 6.61 Å². The van der Waals surface area contributed by atoms with Crippen LogP contribution in [-0.2, 0) is 6.42 Å². The first-order valence-corrected chi connectivity index (χ1v) is 3.35. The molecule has 0 bridgehead atoms. The van der Waals surface area contributed by atoms with Crippen molar-refractivity contribution in [3.8, 4) is 0 Å². The number of benzene rings is 1. The summed E-state index contributed by atoms with van der Waals surface area (Å²) in [5, 5.41) is 8.62. The molecule has 0 aliphatic heterocycles. The zero-order valence-corrected chi connectivity index (χ0v) is 5.88. The van der Waals surface area contributed by atoms with Crippen molar-refractivity contribution in [3.63, 3.8) is 0 Å². The molecule has 1 N–H and O–H groups in total. The lowest BCUT2D eigenvalue weighted by Crippen LogP contribution is -1.92. The molecule has 0 amide bonds. The number of hydrogen-bond acceptors (Lipinski definition) is 1. The maximum Gasteiger partial charge on any atom is 0.0471 e. The van der Waals surface area contributed by atoms with Crippen LogP contribution in [0.2, 0.25) is 0 Å². The molecule has 1 aromatic rings. The van der Waals surface area contributed by atoms with Gasteiger partial charge in [-0.2, -0.15) is 0 Å². The molecule has 1 aromatic carbocycles. The molecule has 0 saturated carbocycles. The van der Waals surface area contributed by atoms with Crippen LogP contribution in [0.15, 0.2) is 24.3 Å². The highest BCUT2D eigenvalue weighted by Gasteiger charge is 1.93. The fraction of sp³-hybridized carbons (Fsp3) is 0.222. The van der Waals surface area contributed by atoms with Crippen LogP contribution in [-0.4, -0.2) is 11.7 Å². The highest BCUT2D eigenvalue weighted by Crippen LogP contribution is 2.06. The van der Waals surface area contributed by atoms with Gasteiger partial charge < -0.3 is 5.11 Å². The van der Waals surface area contributed by atoms with E-state index in [0.29, 0.717) is 6.42 Å². The molecule has 53 valence electrons. The van der Waals surface area contributed by atoms with Crippen molar-refractivity contribution in [3.05, 3.63) is 42.3 Å². The Hall–Kier alpha value is -0.820. The number of aliphatic hydroxyl groups is 1. The molecule has 0 aliphatic rings. The molecule has 10 heavy (non-hydrogen) atoms. The quantitative estimate of drug-likeness (QED) is 0.650. The Morgan fingerprint density at radius 3 is 2.60 bits per heavy atom. The van der Waals surface area contributed by atoms with Gasteiger partial charge in [0.05, 0.1) is 0 Å². The molecule has 0 saturated heterocycles. The van der Waals surface area contributed by atoms with Crippen LogP contribution in [0.5, 0.6) is 0 Å². The fourth-order valence-electron chi connectivity index (χ4n) is 0.922. The zero-order chi connectivity index (χ0) is 7.40. The summed E-state index contributed by atoms with van der Waals surface area (Å²) in [7, 11) is 0. The van der Waals surface area contributed by atoms with Gasteiger partial charge in [-0.1, -0.05) is 24.3 Å². The zero-order valence-electron chi connectivity index (χ0n) is 5.88. The second-order valence-electron chi connectivity index (χ2n) is 2.24. The lowest BCUT2D eigenvalue weighted by atomic mass is 10.1. The summed E-state index contributed by atoms with van der Waals surface area (Å²) in [5.74, 6) is 0. The molecule has 1 heteroatoms. The fourth-order valence-corrected chi connectivity index (χ4v) is 0.922. The van der Waals surface area contributed by atoms with Crippen molar-refractivity contribution in [1.82, 2.24) is 0 Å². The molecule has 0 heterocycles. The minimum Gasteiger partial charge on any atom is -0.396 e. The van der Waals surface area contributed by atoms with Crippen LogP contribution in [0.3, 0.4) is 0 Å². The molecular formula is C9H11O. The molecule has 1 rings (SSSR count). The highest BCUT2D eigenvalue weighted by molar-refractivity contribution is 5.29. The Morgan fingerprint density at radius 2 is 2.00 bits per heavy atom. The van der Waals surface area contributed by atoms with E-state index >= 15 is 0 Å². The Bertz CT molecular complexity index is 206. The van der Waals surface area contributed by atoms with Crippen LogP contribution in [0.4, 0.5) is 0 Å². The number of aliphatic hydroxyl groups excluding tert-OH is 1. The third-order valence-corrected chi connectivity index (χ3v) is 1.50. The summed E-state index contributed by atoms with van der Waals surface area (Å²) in [5.41, 5.74) is 2.14. The SMILES string of the molecule is [CH2]c1ccccc1CCO. The summed E-state index contributed by atoms with van der Waals surface area (Å²) < 4.78 is 0. The van der Waals surface area contributed by atoms with Crippen molar-refractivity contribution in [2.24, 2.45) is 0 Å². The summed E-state index contributed by atoms with van der Waals surface area (Å²) in [6.07, 6.45) is 0.708. The maximum absolute atomic E-state index is 8.62. The average Bonchev–Trinajstić information content (AvgIpc) is 1.94. The van der Waals surface area contributed by atoms with Gasteiger partial charge in [-0.05, 0) is 24.5 Å². The Labute approximate surface area is 61.3 Å². The van der Waals surface area contributed by atoms with E-state index in [1.807, 2.05) is 24.3 Å². The Balaban J connectivity index is 2.81. The lowest BCUT2D eigenvalue weighted by Gasteiger charge is -2.00. The normalized spacial score (nSPS) is 9.80. The van der Waals surface area contributed by atoms with E-state index in [9.17, 15) is 0 Å². The van der Waals surface area contributed by atoms with Gasteiger partial charge in [0.15, 0.2) is 0 Å². The van der Waals surface area contributed by atoms with Gasteiger partial charge in [0, 0.05) is 6.61 Å². The third kappa shape index (κ3) is 1.58. The Kier molecular flexibility index (Phi) is 2.46. The summed E-state index contributed by atoms with van der Waals surface area (Å²) in [4.78, 5) is 0. The number of rotatable bonds is 2. The van der Waals surface area contributed by atoms with Gasteiger partial charge in [-0.3, -0.25) is 0 Å². The van der Waals surface area contributed by atoms with E-state index < -0.39 is 0 Å². The smallest absolute Gasteiger partial charge is 0.0471 e. The highest BCUT2D eigenvalue weighted by atomic mass is 16.2. The van der Waals surface area contributed by atoms with E-state index in [0.717, 1.165) is 11.1 Å². The van der Waals surface area contributed by atoms with Crippen molar-refractivity contribution >= 4 is 0 Å². The average molecular weight is 135 g/mol. The van der Waals surface area contributed by atoms with Gasteiger partial charge in [0.2, 0.25) is 0 Å². The molecule has 0 spiro atoms. The van der Waals surface area contributed by atoms with Crippen LogP contribution in [0.25, 0.3) is 0 Å². The van der Waals surface area contributed by atoms with E-state index in [-0.39, 0.29) is 6.61 Å². The van der Waals surface area contributed by atoms with Gasteiger partial charge in [-0.25, -0.2) is 0 Å². The van der Waals surface area contributed by atoms with Gasteiger partial charge in [0.25, 0.3) is 0 Å². The minimum atomic E-state index is 0.201. The Morgan fingerprint density at radius 1 is 1.30 bits per heavy atom. The molecule has 0 aromatic heterocycles. The number of hydrogen-bond donors (Lipinski definition) is 1. The minimum absolute atomic E-state index is 0.201. The first-order chi connectivity index (χ1) is 4.84.